The first kappa shape index (κ1) is 18.0. The Hall–Kier alpha value is -0.0413. The molecule has 0 fully saturated rings. The fourth-order valence-corrected chi connectivity index (χ4v) is 6.02. The zero-order valence-corrected chi connectivity index (χ0v) is 14.9. The van der Waals surface area contributed by atoms with Crippen LogP contribution in [0.5, 0.6) is 0 Å². The van der Waals surface area contributed by atoms with Crippen LogP contribution in [-0.4, -0.2) is 43.0 Å². The third-order valence-corrected chi connectivity index (χ3v) is 9.50. The second-order valence-electron chi connectivity index (χ2n) is 3.98. The van der Waals surface area contributed by atoms with E-state index in [1.54, 1.807) is 0 Å². The van der Waals surface area contributed by atoms with Crippen molar-refractivity contribution in [2.45, 2.75) is 48.4 Å². The summed E-state index contributed by atoms with van der Waals surface area (Å²) in [5.74, 6) is -0.318. The Morgan fingerprint density at radius 3 is 1.67 bits per heavy atom. The molecule has 18 heavy (non-hydrogen) atoms. The molecule has 0 bridgehead atoms. The molecule has 0 aromatic rings. The summed E-state index contributed by atoms with van der Waals surface area (Å²) in [6, 6.07) is 0. The van der Waals surface area contributed by atoms with Gasteiger partial charge in [-0.2, -0.15) is 0 Å². The van der Waals surface area contributed by atoms with Crippen LogP contribution >= 0.6 is 9.29 Å². The van der Waals surface area contributed by atoms with E-state index in [4.69, 9.17) is 18.8 Å². The minimum atomic E-state index is -1.95. The molecule has 0 N–H and O–H groups in total. The fraction of sp³-hybridized carbons (Fsp3) is 0.833. The molecule has 4 nitrogen and oxygen atoms in total. The van der Waals surface area contributed by atoms with Gasteiger partial charge in [0.15, 0.2) is 0 Å². The summed E-state index contributed by atoms with van der Waals surface area (Å²) in [5.41, 5.74) is 0. The van der Waals surface area contributed by atoms with Crippen molar-refractivity contribution < 1.29 is 19.1 Å². The van der Waals surface area contributed by atoms with Gasteiger partial charge in [-0.15, -0.1) is 0 Å². The quantitative estimate of drug-likeness (QED) is 0.430. The molecule has 0 heterocycles. The van der Waals surface area contributed by atoms with Crippen molar-refractivity contribution >= 4 is 39.0 Å². The van der Waals surface area contributed by atoms with E-state index in [0.29, 0.717) is 26.1 Å². The van der Waals surface area contributed by atoms with Crippen molar-refractivity contribution in [3.63, 3.8) is 0 Å². The third kappa shape index (κ3) is 11.1. The fourth-order valence-electron chi connectivity index (χ4n) is 1.18. The zero-order chi connectivity index (χ0) is 13.8. The van der Waals surface area contributed by atoms with Gasteiger partial charge in [-0.25, -0.2) is 0 Å². The number of hydrogen-bond donors (Lipinski definition) is 0. The van der Waals surface area contributed by atoms with E-state index in [0.717, 1.165) is 21.7 Å². The predicted octanol–water partition coefficient (Wildman–Crippen LogP) is 2.86. The maximum absolute atomic E-state index is 11.3. The summed E-state index contributed by atoms with van der Waals surface area (Å²) in [6.45, 7) is 4.89. The van der Waals surface area contributed by atoms with E-state index in [1.807, 2.05) is 13.8 Å². The van der Waals surface area contributed by atoms with Gasteiger partial charge in [0.05, 0.1) is 0 Å². The molecule has 0 rings (SSSR count). The van der Waals surface area contributed by atoms with Crippen LogP contribution in [0.1, 0.15) is 39.5 Å². The molecule has 104 valence electrons. The van der Waals surface area contributed by atoms with Crippen LogP contribution in [0.4, 0.5) is 0 Å². The van der Waals surface area contributed by atoms with Crippen LogP contribution in [-0.2, 0) is 19.1 Å². The first-order chi connectivity index (χ1) is 8.60. The van der Waals surface area contributed by atoms with Crippen molar-refractivity contribution in [1.82, 2.24) is 0 Å². The summed E-state index contributed by atoms with van der Waals surface area (Å²) in [7, 11) is 5.38. The standard InChI is InChI=1S/2C6H11O2.S.Sn/c2*1-3-5-8-6(7)4-2;;/h2*2-5H2,1H3;;. The van der Waals surface area contributed by atoms with E-state index in [9.17, 15) is 9.59 Å². The number of esters is 2. The van der Waals surface area contributed by atoms with Gasteiger partial charge in [0.1, 0.15) is 0 Å². The zero-order valence-electron chi connectivity index (χ0n) is 11.2. The third-order valence-electron chi connectivity index (χ3n) is 2.15. The molecule has 0 spiro atoms. The summed E-state index contributed by atoms with van der Waals surface area (Å²) in [4.78, 5) is 22.5. The molecule has 0 amide bonds. The topological polar surface area (TPSA) is 52.6 Å². The van der Waals surface area contributed by atoms with Gasteiger partial charge in [0.25, 0.3) is 0 Å². The summed E-state index contributed by atoms with van der Waals surface area (Å²) < 4.78 is 11.5. The minimum absolute atomic E-state index is 0.159. The van der Waals surface area contributed by atoms with Crippen molar-refractivity contribution in [2.75, 3.05) is 13.2 Å². The average molecular weight is 381 g/mol. The summed E-state index contributed by atoms with van der Waals surface area (Å²) >= 11 is -1.95. The molecule has 0 radical (unpaired) electrons. The van der Waals surface area contributed by atoms with Crippen LogP contribution in [0.25, 0.3) is 0 Å². The first-order valence-corrected chi connectivity index (χ1v) is 14.4. The molecule has 0 aliphatic heterocycles. The Morgan fingerprint density at radius 1 is 0.944 bits per heavy atom. The Kier molecular flexibility index (Phi) is 12.0. The first-order valence-electron chi connectivity index (χ1n) is 6.43. The van der Waals surface area contributed by atoms with Crippen LogP contribution < -0.4 is 0 Å². The Balaban J connectivity index is 3.59. The van der Waals surface area contributed by atoms with Crippen LogP contribution in [0, 0.1) is 0 Å². The molecule has 0 aliphatic rings. The molecule has 6 heteroatoms. The van der Waals surface area contributed by atoms with Gasteiger partial charge < -0.3 is 0 Å². The number of carbonyl (C=O) groups is 2. The van der Waals surface area contributed by atoms with Crippen LogP contribution in [0.3, 0.4) is 0 Å². The molecular formula is C12H22O4SSn. The number of carbonyl (C=O) groups excluding carboxylic acids is 2. The molecule has 0 saturated heterocycles. The maximum atomic E-state index is 11.3. The van der Waals surface area contributed by atoms with Crippen molar-refractivity contribution in [3.05, 3.63) is 0 Å². The predicted molar refractivity (Wildman–Crippen MR) is 74.7 cm³/mol. The second-order valence-corrected chi connectivity index (χ2v) is 13.8. The van der Waals surface area contributed by atoms with Gasteiger partial charge in [-0.1, -0.05) is 0 Å². The SMILES string of the molecule is CCCOC(=O)C[CH2][Sn](=[S])[CH2]CC(=O)OCCC. The van der Waals surface area contributed by atoms with Gasteiger partial charge in [0, 0.05) is 0 Å². The van der Waals surface area contributed by atoms with Gasteiger partial charge in [-0.05, 0) is 0 Å². The van der Waals surface area contributed by atoms with Crippen molar-refractivity contribution in [1.29, 1.82) is 0 Å². The molecule has 0 atom stereocenters. The van der Waals surface area contributed by atoms with Crippen molar-refractivity contribution in [3.8, 4) is 0 Å². The Labute approximate surface area is 119 Å². The Bertz CT molecular complexity index is 255. The summed E-state index contributed by atoms with van der Waals surface area (Å²) in [6.07, 6.45) is 2.52. The van der Waals surface area contributed by atoms with Crippen LogP contribution in [0.15, 0.2) is 0 Å². The van der Waals surface area contributed by atoms with E-state index >= 15 is 0 Å². The van der Waals surface area contributed by atoms with Gasteiger partial charge in [-0.3, -0.25) is 0 Å². The van der Waals surface area contributed by atoms with Gasteiger partial charge >= 0.3 is 120 Å². The summed E-state index contributed by atoms with van der Waals surface area (Å²) in [5, 5.41) is 0. The monoisotopic (exact) mass is 382 g/mol. The van der Waals surface area contributed by atoms with E-state index in [1.165, 1.54) is 0 Å². The van der Waals surface area contributed by atoms with E-state index < -0.39 is 17.8 Å². The number of ether oxygens (including phenoxy) is 2. The molecule has 0 saturated carbocycles. The number of hydrogen-bond acceptors (Lipinski definition) is 5. The molecular weight excluding hydrogens is 359 g/mol. The normalized spacial score (nSPS) is 9.89. The number of rotatable bonds is 10. The molecule has 0 aromatic carbocycles. The van der Waals surface area contributed by atoms with Crippen LogP contribution in [0.2, 0.25) is 8.87 Å². The van der Waals surface area contributed by atoms with E-state index in [2.05, 4.69) is 0 Å². The van der Waals surface area contributed by atoms with Gasteiger partial charge in [0.2, 0.25) is 0 Å². The molecule has 0 unspecified atom stereocenters. The average Bonchev–Trinajstić information content (AvgIpc) is 2.37. The second kappa shape index (κ2) is 12.0. The van der Waals surface area contributed by atoms with Crippen molar-refractivity contribution in [2.24, 2.45) is 0 Å². The van der Waals surface area contributed by atoms with E-state index in [-0.39, 0.29) is 11.9 Å². The molecule has 0 aromatic heterocycles. The molecule has 0 aliphatic carbocycles. The Morgan fingerprint density at radius 2 is 1.33 bits per heavy atom.